The number of aliphatic hydroxyl groups is 2. The van der Waals surface area contributed by atoms with Gasteiger partial charge in [-0.2, -0.15) is 0 Å². The molecule has 1 heterocycles. The van der Waals surface area contributed by atoms with Crippen LogP contribution in [0.4, 0.5) is 0 Å². The molecule has 0 aliphatic carbocycles. The Morgan fingerprint density at radius 2 is 2.06 bits per heavy atom. The first kappa shape index (κ1) is 12.1. The monoisotopic (exact) mass is 236 g/mol. The van der Waals surface area contributed by atoms with Crippen LogP contribution < -0.4 is 4.74 Å². The number of hydrogen-bond donors (Lipinski definition) is 2. The summed E-state index contributed by atoms with van der Waals surface area (Å²) in [7, 11) is 0. The van der Waals surface area contributed by atoms with E-state index in [9.17, 15) is 15.0 Å². The van der Waals surface area contributed by atoms with Gasteiger partial charge in [0.1, 0.15) is 11.9 Å². The Morgan fingerprint density at radius 1 is 1.41 bits per heavy atom. The van der Waals surface area contributed by atoms with E-state index in [2.05, 4.69) is 0 Å². The van der Waals surface area contributed by atoms with E-state index in [-0.39, 0.29) is 5.78 Å². The molecule has 2 atom stereocenters. The third kappa shape index (κ3) is 2.06. The summed E-state index contributed by atoms with van der Waals surface area (Å²) >= 11 is 0. The Kier molecular flexibility index (Phi) is 2.72. The van der Waals surface area contributed by atoms with Crippen LogP contribution in [0.5, 0.6) is 5.75 Å². The lowest BCUT2D eigenvalue weighted by Gasteiger charge is -2.27. The van der Waals surface area contributed by atoms with Crippen molar-refractivity contribution in [2.24, 2.45) is 0 Å². The quantitative estimate of drug-likeness (QED) is 0.763. The number of fused-ring (bicyclic) bond motifs is 1. The Labute approximate surface area is 99.8 Å². The van der Waals surface area contributed by atoms with Crippen molar-refractivity contribution < 1.29 is 19.7 Å². The first-order valence-corrected chi connectivity index (χ1v) is 5.52. The first-order chi connectivity index (χ1) is 7.80. The molecule has 0 saturated carbocycles. The van der Waals surface area contributed by atoms with Gasteiger partial charge in [-0.3, -0.25) is 4.79 Å². The normalized spacial score (nSPS) is 23.1. The first-order valence-electron chi connectivity index (χ1n) is 5.52. The second-order valence-electron chi connectivity index (χ2n) is 4.95. The van der Waals surface area contributed by atoms with Crippen LogP contribution in [0.3, 0.4) is 0 Å². The number of rotatable bonds is 2. The maximum Gasteiger partial charge on any atom is 0.159 e. The van der Waals surface area contributed by atoms with Gasteiger partial charge in [0.2, 0.25) is 0 Å². The van der Waals surface area contributed by atoms with Gasteiger partial charge in [-0.25, -0.2) is 0 Å². The Balaban J connectivity index is 2.39. The summed E-state index contributed by atoms with van der Waals surface area (Å²) in [5, 5.41) is 20.0. The molecular weight excluding hydrogens is 220 g/mol. The van der Waals surface area contributed by atoms with Crippen molar-refractivity contribution in [2.75, 3.05) is 0 Å². The number of ether oxygens (including phenoxy) is 1. The molecule has 0 radical (unpaired) electrons. The van der Waals surface area contributed by atoms with Gasteiger partial charge in [0.15, 0.2) is 11.9 Å². The van der Waals surface area contributed by atoms with Crippen LogP contribution in [0.1, 0.15) is 42.8 Å². The highest BCUT2D eigenvalue weighted by atomic mass is 16.5. The van der Waals surface area contributed by atoms with Crippen molar-refractivity contribution in [2.45, 2.75) is 38.6 Å². The minimum atomic E-state index is -1.14. The molecule has 4 nitrogen and oxygen atoms in total. The summed E-state index contributed by atoms with van der Waals surface area (Å²) in [6.07, 6.45) is -1.62. The van der Waals surface area contributed by atoms with Gasteiger partial charge in [-0.1, -0.05) is 0 Å². The van der Waals surface area contributed by atoms with Gasteiger partial charge in [0, 0.05) is 11.1 Å². The van der Waals surface area contributed by atoms with Crippen LogP contribution in [-0.4, -0.2) is 27.7 Å². The van der Waals surface area contributed by atoms with Gasteiger partial charge in [-0.15, -0.1) is 0 Å². The number of carbonyl (C=O) groups is 1. The van der Waals surface area contributed by atoms with Gasteiger partial charge < -0.3 is 14.9 Å². The smallest absolute Gasteiger partial charge is 0.159 e. The van der Waals surface area contributed by atoms with Crippen molar-refractivity contribution >= 4 is 5.78 Å². The molecule has 0 unspecified atom stereocenters. The predicted octanol–water partition coefficient (Wildman–Crippen LogP) is 1.45. The Bertz CT molecular complexity index is 459. The minimum absolute atomic E-state index is 0.0632. The minimum Gasteiger partial charge on any atom is -0.484 e. The van der Waals surface area contributed by atoms with Crippen molar-refractivity contribution in [3.05, 3.63) is 29.3 Å². The molecule has 0 spiro atoms. The number of aliphatic hydroxyl groups excluding tert-OH is 1. The van der Waals surface area contributed by atoms with E-state index in [1.807, 2.05) is 0 Å². The maximum absolute atomic E-state index is 11.3. The van der Waals surface area contributed by atoms with Gasteiger partial charge in [-0.05, 0) is 39.0 Å². The van der Waals surface area contributed by atoms with Crippen LogP contribution in [-0.2, 0) is 0 Å². The molecular formula is C13H16O4. The number of Topliss-reactive ketones (excluding diaryl/α,β-unsaturated/α-hetero) is 1. The van der Waals surface area contributed by atoms with E-state index in [4.69, 9.17) is 4.74 Å². The van der Waals surface area contributed by atoms with E-state index in [1.165, 1.54) is 6.92 Å². The molecule has 2 rings (SSSR count). The fraction of sp³-hybridized carbons (Fsp3) is 0.462. The lowest BCUT2D eigenvalue weighted by atomic mass is 9.93. The highest BCUT2D eigenvalue weighted by Crippen LogP contribution is 2.40. The van der Waals surface area contributed by atoms with E-state index >= 15 is 0 Å². The summed E-state index contributed by atoms with van der Waals surface area (Å²) in [6, 6.07) is 4.93. The van der Waals surface area contributed by atoms with Gasteiger partial charge in [0.25, 0.3) is 0 Å². The third-order valence-electron chi connectivity index (χ3n) is 2.97. The number of hydrogen-bond acceptors (Lipinski definition) is 4. The molecule has 1 aliphatic heterocycles. The lowest BCUT2D eigenvalue weighted by molar-refractivity contribution is -0.0762. The fourth-order valence-electron chi connectivity index (χ4n) is 2.00. The average molecular weight is 236 g/mol. The highest BCUT2D eigenvalue weighted by molar-refractivity contribution is 5.94. The molecule has 17 heavy (non-hydrogen) atoms. The van der Waals surface area contributed by atoms with Crippen molar-refractivity contribution in [3.8, 4) is 5.75 Å². The van der Waals surface area contributed by atoms with Crippen molar-refractivity contribution in [1.29, 1.82) is 0 Å². The summed E-state index contributed by atoms with van der Waals surface area (Å²) < 4.78 is 5.51. The largest absolute Gasteiger partial charge is 0.484 e. The topological polar surface area (TPSA) is 66.8 Å². The fourth-order valence-corrected chi connectivity index (χ4v) is 2.00. The molecule has 4 heteroatoms. The summed E-state index contributed by atoms with van der Waals surface area (Å²) in [4.78, 5) is 11.3. The Morgan fingerprint density at radius 3 is 2.59 bits per heavy atom. The zero-order chi connectivity index (χ0) is 12.8. The van der Waals surface area contributed by atoms with Crippen LogP contribution >= 0.6 is 0 Å². The predicted molar refractivity (Wildman–Crippen MR) is 62.1 cm³/mol. The molecule has 0 aromatic heterocycles. The molecule has 92 valence electrons. The van der Waals surface area contributed by atoms with Crippen LogP contribution in [0, 0.1) is 0 Å². The third-order valence-corrected chi connectivity index (χ3v) is 2.97. The standard InChI is InChI=1S/C13H16O4/c1-7(14)8-4-5-10-9(6-8)11(15)12(17-10)13(2,3)16/h4-6,11-12,15-16H,1-3H3/t11-,12-/m1/s1. The average Bonchev–Trinajstić information content (AvgIpc) is 2.55. The zero-order valence-corrected chi connectivity index (χ0v) is 10.1. The van der Waals surface area contributed by atoms with E-state index < -0.39 is 17.8 Å². The molecule has 1 aliphatic rings. The van der Waals surface area contributed by atoms with Crippen LogP contribution in [0.2, 0.25) is 0 Å². The van der Waals surface area contributed by atoms with E-state index in [1.54, 1.807) is 32.0 Å². The zero-order valence-electron chi connectivity index (χ0n) is 10.1. The molecule has 1 aromatic carbocycles. The second kappa shape index (κ2) is 3.82. The summed E-state index contributed by atoms with van der Waals surface area (Å²) in [5.41, 5.74) is -0.0536. The number of carbonyl (C=O) groups excluding carboxylic acids is 1. The molecule has 0 amide bonds. The highest BCUT2D eigenvalue weighted by Gasteiger charge is 2.42. The van der Waals surface area contributed by atoms with Crippen LogP contribution in [0.25, 0.3) is 0 Å². The molecule has 0 fully saturated rings. The number of benzene rings is 1. The lowest BCUT2D eigenvalue weighted by Crippen LogP contribution is -2.41. The SMILES string of the molecule is CC(=O)c1ccc2c(c1)[C@@H](O)[C@H](C(C)(C)O)O2. The molecule has 0 saturated heterocycles. The molecule has 1 aromatic rings. The number of ketones is 1. The van der Waals surface area contributed by atoms with E-state index in [0.717, 1.165) is 0 Å². The van der Waals surface area contributed by atoms with E-state index in [0.29, 0.717) is 16.9 Å². The van der Waals surface area contributed by atoms with Gasteiger partial charge in [0.05, 0.1) is 5.60 Å². The van der Waals surface area contributed by atoms with Gasteiger partial charge >= 0.3 is 0 Å². The summed E-state index contributed by atoms with van der Waals surface area (Å²) in [6.45, 7) is 4.63. The molecule has 0 bridgehead atoms. The van der Waals surface area contributed by atoms with Crippen molar-refractivity contribution in [3.63, 3.8) is 0 Å². The molecule has 2 N–H and O–H groups in total. The second-order valence-corrected chi connectivity index (χ2v) is 4.95. The summed E-state index contributed by atoms with van der Waals surface area (Å²) in [5.74, 6) is 0.460. The van der Waals surface area contributed by atoms with Crippen molar-refractivity contribution in [1.82, 2.24) is 0 Å². The maximum atomic E-state index is 11.3. The Hall–Kier alpha value is -1.39. The van der Waals surface area contributed by atoms with Crippen LogP contribution in [0.15, 0.2) is 18.2 Å².